The third-order valence-corrected chi connectivity index (χ3v) is 5.72. The highest BCUT2D eigenvalue weighted by molar-refractivity contribution is 5.94. The maximum absolute atomic E-state index is 2.23. The van der Waals surface area contributed by atoms with E-state index >= 15 is 0 Å². The minimum atomic E-state index is 1.20. The highest BCUT2D eigenvalue weighted by Crippen LogP contribution is 2.25. The van der Waals surface area contributed by atoms with Crippen LogP contribution in [0.4, 0.5) is 0 Å². The lowest BCUT2D eigenvalue weighted by Crippen LogP contribution is -1.81. The number of hydrogen-bond acceptors (Lipinski definition) is 0. The predicted molar refractivity (Wildman–Crippen MR) is 141 cm³/mol. The summed E-state index contributed by atoms with van der Waals surface area (Å²) in [5, 5.41) is 4.85. The van der Waals surface area contributed by atoms with E-state index in [-0.39, 0.29) is 0 Å². The molecule has 0 N–H and O–H groups in total. The molecule has 4 bridgehead atoms. The van der Waals surface area contributed by atoms with Crippen LogP contribution in [0.15, 0.2) is 121 Å². The summed E-state index contributed by atoms with van der Waals surface area (Å²) in [4.78, 5) is 0. The van der Waals surface area contributed by atoms with Crippen LogP contribution in [0.1, 0.15) is 22.3 Å². The lowest BCUT2D eigenvalue weighted by atomic mass is 10.00. The summed E-state index contributed by atoms with van der Waals surface area (Å²) in [6.07, 6.45) is 8.81. The number of fused-ring (bicyclic) bond motifs is 4. The molecule has 0 atom stereocenters. The average Bonchev–Trinajstić information content (AvgIpc) is 2.85. The van der Waals surface area contributed by atoms with Crippen LogP contribution in [0.5, 0.6) is 0 Å². The first kappa shape index (κ1) is 19.8. The molecule has 0 heteroatoms. The summed E-state index contributed by atoms with van der Waals surface area (Å²) < 4.78 is 0. The molecule has 0 nitrogen and oxygen atoms in total. The molecule has 0 aliphatic rings. The quantitative estimate of drug-likeness (QED) is 0.260. The second-order valence-corrected chi connectivity index (χ2v) is 7.85. The Morgan fingerprint density at radius 1 is 0.281 bits per heavy atom. The summed E-state index contributed by atoms with van der Waals surface area (Å²) in [6, 6.07) is 42.8. The molecule has 0 spiro atoms. The Morgan fingerprint density at radius 3 is 0.969 bits per heavy atom. The second kappa shape index (κ2) is 9.32. The van der Waals surface area contributed by atoms with Crippen molar-refractivity contribution in [1.82, 2.24) is 0 Å². The molecule has 0 aliphatic heterocycles. The largest absolute Gasteiger partial charge is 0.0622 e. The number of benzene rings is 4. The molecule has 5 rings (SSSR count). The first-order valence-corrected chi connectivity index (χ1v) is 11.0. The van der Waals surface area contributed by atoms with E-state index < -0.39 is 0 Å². The standard InChI is InChI=1S/C32H24/c1-3-9-25(10-4-1)17-23-31-27-13-7-14-28(31)20-22-30-16-8-15-29(21-19-27)32(30)24-18-26-11-5-2-6-12-26/h1-24H/b21-19?,22-20?,23-17+,24-18+. The number of rotatable bonds is 4. The van der Waals surface area contributed by atoms with Crippen molar-refractivity contribution >= 4 is 45.8 Å². The van der Waals surface area contributed by atoms with Crippen molar-refractivity contribution < 1.29 is 0 Å². The van der Waals surface area contributed by atoms with Crippen molar-refractivity contribution in [2.45, 2.75) is 0 Å². The van der Waals surface area contributed by atoms with Gasteiger partial charge >= 0.3 is 0 Å². The van der Waals surface area contributed by atoms with E-state index in [1.165, 1.54) is 43.8 Å². The Hall–Kier alpha value is -4.16. The smallest absolute Gasteiger partial charge is 0.0111 e. The lowest BCUT2D eigenvalue weighted by molar-refractivity contribution is 1.66. The molecule has 0 saturated heterocycles. The monoisotopic (exact) mass is 408 g/mol. The maximum Gasteiger partial charge on any atom is -0.0111 e. The van der Waals surface area contributed by atoms with Crippen molar-refractivity contribution in [3.63, 3.8) is 0 Å². The van der Waals surface area contributed by atoms with Crippen molar-refractivity contribution in [3.8, 4) is 0 Å². The van der Waals surface area contributed by atoms with Crippen LogP contribution < -0.4 is 0 Å². The summed E-state index contributed by atoms with van der Waals surface area (Å²) in [5.74, 6) is 0. The summed E-state index contributed by atoms with van der Waals surface area (Å²) in [7, 11) is 0. The molecule has 5 aromatic rings. The fourth-order valence-electron chi connectivity index (χ4n) is 4.02. The Kier molecular flexibility index (Phi) is 5.76. The first-order chi connectivity index (χ1) is 15.9. The normalized spacial score (nSPS) is 11.5. The molecule has 0 radical (unpaired) electrons. The van der Waals surface area contributed by atoms with Gasteiger partial charge in [0.1, 0.15) is 0 Å². The zero-order chi connectivity index (χ0) is 21.6. The van der Waals surface area contributed by atoms with Crippen molar-refractivity contribution in [3.05, 3.63) is 144 Å². The van der Waals surface area contributed by atoms with E-state index in [4.69, 9.17) is 0 Å². The van der Waals surface area contributed by atoms with Crippen LogP contribution in [-0.2, 0) is 0 Å². The van der Waals surface area contributed by atoms with Gasteiger partial charge in [-0.25, -0.2) is 0 Å². The van der Waals surface area contributed by atoms with Crippen molar-refractivity contribution in [2.75, 3.05) is 0 Å². The zero-order valence-electron chi connectivity index (χ0n) is 17.9. The van der Waals surface area contributed by atoms with E-state index in [9.17, 15) is 0 Å². The summed E-state index contributed by atoms with van der Waals surface area (Å²) in [5.41, 5.74) is 4.87. The molecular weight excluding hydrogens is 384 g/mol. The van der Waals surface area contributed by atoms with Gasteiger partial charge in [0, 0.05) is 0 Å². The van der Waals surface area contributed by atoms with Gasteiger partial charge in [0.15, 0.2) is 0 Å². The molecule has 0 unspecified atom stereocenters. The predicted octanol–water partition coefficient (Wildman–Crippen LogP) is 8.90. The molecule has 0 saturated carbocycles. The van der Waals surface area contributed by atoms with Gasteiger partial charge in [0.25, 0.3) is 0 Å². The topological polar surface area (TPSA) is 0 Å². The Bertz CT molecular complexity index is 1270. The van der Waals surface area contributed by atoms with Crippen LogP contribution in [0.25, 0.3) is 45.8 Å². The Labute approximate surface area is 189 Å². The van der Waals surface area contributed by atoms with E-state index in [1.54, 1.807) is 0 Å². The van der Waals surface area contributed by atoms with Gasteiger partial charge in [-0.1, -0.05) is 146 Å². The van der Waals surface area contributed by atoms with E-state index in [0.717, 1.165) is 0 Å². The van der Waals surface area contributed by atoms with Gasteiger partial charge in [-0.05, 0) is 43.8 Å². The van der Waals surface area contributed by atoms with Gasteiger partial charge in [-0.3, -0.25) is 0 Å². The van der Waals surface area contributed by atoms with Gasteiger partial charge in [0.05, 0.1) is 0 Å². The molecular formula is C32H24. The van der Waals surface area contributed by atoms with Gasteiger partial charge < -0.3 is 0 Å². The Balaban J connectivity index is 1.67. The third kappa shape index (κ3) is 4.45. The average molecular weight is 409 g/mol. The molecule has 0 aliphatic carbocycles. The minimum absolute atomic E-state index is 1.20. The zero-order valence-corrected chi connectivity index (χ0v) is 17.9. The van der Waals surface area contributed by atoms with Gasteiger partial charge in [-0.2, -0.15) is 0 Å². The van der Waals surface area contributed by atoms with Crippen molar-refractivity contribution in [1.29, 1.82) is 0 Å². The lowest BCUT2D eigenvalue weighted by Gasteiger charge is -2.05. The van der Waals surface area contributed by atoms with Crippen LogP contribution in [0.3, 0.4) is 0 Å². The van der Waals surface area contributed by atoms with Crippen LogP contribution in [-0.4, -0.2) is 0 Å². The van der Waals surface area contributed by atoms with Crippen LogP contribution >= 0.6 is 0 Å². The molecule has 0 amide bonds. The van der Waals surface area contributed by atoms with E-state index in [1.807, 2.05) is 12.1 Å². The molecule has 32 heavy (non-hydrogen) atoms. The maximum atomic E-state index is 2.23. The molecule has 0 fully saturated rings. The molecule has 152 valence electrons. The third-order valence-electron chi connectivity index (χ3n) is 5.72. The fourth-order valence-corrected chi connectivity index (χ4v) is 4.02. The van der Waals surface area contributed by atoms with Gasteiger partial charge in [0.2, 0.25) is 0 Å². The van der Waals surface area contributed by atoms with E-state index in [2.05, 4.69) is 133 Å². The molecule has 5 aromatic carbocycles. The second-order valence-electron chi connectivity index (χ2n) is 7.85. The summed E-state index contributed by atoms with van der Waals surface area (Å²) >= 11 is 0. The number of hydrogen-bond donors (Lipinski definition) is 0. The van der Waals surface area contributed by atoms with E-state index in [0.29, 0.717) is 0 Å². The highest BCUT2D eigenvalue weighted by atomic mass is 14.0. The van der Waals surface area contributed by atoms with Crippen LogP contribution in [0, 0.1) is 0 Å². The summed E-state index contributed by atoms with van der Waals surface area (Å²) in [6.45, 7) is 0. The Morgan fingerprint density at radius 2 is 0.625 bits per heavy atom. The highest BCUT2D eigenvalue weighted by Gasteiger charge is 2.00. The van der Waals surface area contributed by atoms with Crippen molar-refractivity contribution in [2.24, 2.45) is 0 Å². The van der Waals surface area contributed by atoms with Crippen LogP contribution in [0.2, 0.25) is 0 Å². The van der Waals surface area contributed by atoms with Gasteiger partial charge in [-0.15, -0.1) is 0 Å². The molecule has 0 heterocycles. The molecule has 0 aromatic heterocycles. The minimum Gasteiger partial charge on any atom is -0.0622 e. The first-order valence-electron chi connectivity index (χ1n) is 11.0. The SMILES string of the molecule is C(=C\c1c2cccc1ccc1cccc(cc2)c1/C=C/c1ccccc1)/c1ccccc1. The fraction of sp³-hybridized carbons (Fsp3) is 0.